The van der Waals surface area contributed by atoms with Crippen molar-refractivity contribution in [2.24, 2.45) is 0 Å². The highest BCUT2D eigenvalue weighted by atomic mass is 32.1. The first kappa shape index (κ1) is 33.6. The van der Waals surface area contributed by atoms with Crippen molar-refractivity contribution in [2.45, 2.75) is 0 Å². The molecular formula is C55H35N3S. The lowest BCUT2D eigenvalue weighted by atomic mass is 9.98. The van der Waals surface area contributed by atoms with E-state index in [-0.39, 0.29) is 0 Å². The first-order valence-corrected chi connectivity index (χ1v) is 20.9. The number of anilines is 3. The summed E-state index contributed by atoms with van der Waals surface area (Å²) in [7, 11) is 0. The first-order chi connectivity index (χ1) is 29.2. The molecule has 0 aliphatic heterocycles. The zero-order valence-electron chi connectivity index (χ0n) is 32.0. The molecule has 0 saturated carbocycles. The van der Waals surface area contributed by atoms with Crippen molar-refractivity contribution in [1.29, 1.82) is 0 Å². The van der Waals surface area contributed by atoms with Crippen molar-refractivity contribution in [3.05, 3.63) is 212 Å². The van der Waals surface area contributed by atoms with Gasteiger partial charge in [0.15, 0.2) is 0 Å². The Bertz CT molecular complexity index is 3540. The summed E-state index contributed by atoms with van der Waals surface area (Å²) in [6.07, 6.45) is 0. The summed E-state index contributed by atoms with van der Waals surface area (Å²) in [6, 6.07) is 77.0. The van der Waals surface area contributed by atoms with Crippen molar-refractivity contribution in [3.63, 3.8) is 0 Å². The number of rotatable bonds is 6. The average Bonchev–Trinajstić information content (AvgIpc) is 3.90. The number of nitrogens with zero attached hydrogens (tertiary/aromatic N) is 3. The molecule has 12 rings (SSSR count). The molecule has 0 spiro atoms. The van der Waals surface area contributed by atoms with Gasteiger partial charge in [0.2, 0.25) is 0 Å². The van der Waals surface area contributed by atoms with Crippen LogP contribution in [0.5, 0.6) is 0 Å². The SMILES string of the molecule is c1ccc(-c2nc3ccc4c5cc(N(c6ccc(-c7cccc8ccccc78)cc6)c6ccc7c(c6)c6ccccc6n7-c6ccccc6)ccc5ccc4c3s2)cc1. The fourth-order valence-electron chi connectivity index (χ4n) is 9.02. The van der Waals surface area contributed by atoms with Gasteiger partial charge in [-0.05, 0) is 105 Å². The molecule has 3 nitrogen and oxygen atoms in total. The molecule has 0 saturated heterocycles. The highest BCUT2D eigenvalue weighted by Gasteiger charge is 2.19. The lowest BCUT2D eigenvalue weighted by Crippen LogP contribution is -2.10. The first-order valence-electron chi connectivity index (χ1n) is 20.0. The highest BCUT2D eigenvalue weighted by Crippen LogP contribution is 2.43. The van der Waals surface area contributed by atoms with E-state index in [1.165, 1.54) is 70.0 Å². The lowest BCUT2D eigenvalue weighted by molar-refractivity contribution is 1.18. The largest absolute Gasteiger partial charge is 0.310 e. The standard InChI is InChI=1S/C55H35N3S/c1-3-13-39(14-4-1)55-56-51-32-31-46-48(54(51)59-55)30-25-38-24-28-42(34-49(38)46)57(41-26-22-37(23-27-41)45-20-11-15-36-12-7-8-18-44(36)45)43-29-33-53-50(35-43)47-19-9-10-21-52(47)58(53)40-16-5-2-6-17-40/h1-35H. The molecule has 2 heterocycles. The van der Waals surface area contributed by atoms with Gasteiger partial charge < -0.3 is 9.47 Å². The molecule has 2 aromatic heterocycles. The van der Waals surface area contributed by atoms with Crippen LogP contribution in [-0.2, 0) is 0 Å². The molecule has 0 aliphatic carbocycles. The number of benzene rings is 10. The molecular weight excluding hydrogens is 735 g/mol. The molecule has 0 atom stereocenters. The van der Waals surface area contributed by atoms with Crippen LogP contribution in [0.3, 0.4) is 0 Å². The van der Waals surface area contributed by atoms with Gasteiger partial charge in [-0.15, -0.1) is 11.3 Å². The fourth-order valence-corrected chi connectivity index (χ4v) is 10.1. The van der Waals surface area contributed by atoms with Crippen LogP contribution in [0.4, 0.5) is 17.1 Å². The van der Waals surface area contributed by atoms with Crippen molar-refractivity contribution >= 4 is 92.7 Å². The summed E-state index contributed by atoms with van der Waals surface area (Å²) in [6.45, 7) is 0. The second kappa shape index (κ2) is 13.6. The fraction of sp³-hybridized carbons (Fsp3) is 0. The van der Waals surface area contributed by atoms with Crippen LogP contribution in [0.1, 0.15) is 0 Å². The Balaban J connectivity index is 1.06. The quantitative estimate of drug-likeness (QED) is 0.157. The second-order valence-corrected chi connectivity index (χ2v) is 16.2. The molecule has 0 radical (unpaired) electrons. The molecule has 0 aliphatic rings. The van der Waals surface area contributed by atoms with Gasteiger partial charge >= 0.3 is 0 Å². The Hall–Kier alpha value is -7.53. The third kappa shape index (κ3) is 5.53. The molecule has 59 heavy (non-hydrogen) atoms. The molecule has 0 unspecified atom stereocenters. The summed E-state index contributed by atoms with van der Waals surface area (Å²) in [5, 5.41) is 10.9. The maximum Gasteiger partial charge on any atom is 0.124 e. The summed E-state index contributed by atoms with van der Waals surface area (Å²) in [4.78, 5) is 7.47. The predicted molar refractivity (Wildman–Crippen MR) is 252 cm³/mol. The summed E-state index contributed by atoms with van der Waals surface area (Å²) < 4.78 is 3.60. The number of thiazole rings is 1. The number of hydrogen-bond donors (Lipinski definition) is 0. The van der Waals surface area contributed by atoms with Crippen LogP contribution in [0.15, 0.2) is 212 Å². The van der Waals surface area contributed by atoms with E-state index in [1.54, 1.807) is 11.3 Å². The van der Waals surface area contributed by atoms with E-state index in [9.17, 15) is 0 Å². The van der Waals surface area contributed by atoms with Gasteiger partial charge in [0.05, 0.1) is 21.3 Å². The maximum absolute atomic E-state index is 5.06. The second-order valence-electron chi connectivity index (χ2n) is 15.2. The van der Waals surface area contributed by atoms with E-state index in [0.29, 0.717) is 0 Å². The minimum Gasteiger partial charge on any atom is -0.310 e. The van der Waals surface area contributed by atoms with Gasteiger partial charge in [0.25, 0.3) is 0 Å². The van der Waals surface area contributed by atoms with Crippen molar-refractivity contribution in [2.75, 3.05) is 4.90 Å². The van der Waals surface area contributed by atoms with Gasteiger partial charge in [0, 0.05) is 44.5 Å². The van der Waals surface area contributed by atoms with Crippen LogP contribution in [0, 0.1) is 0 Å². The third-order valence-electron chi connectivity index (χ3n) is 11.8. The average molecular weight is 770 g/mol. The zero-order chi connectivity index (χ0) is 38.9. The van der Waals surface area contributed by atoms with Crippen LogP contribution >= 0.6 is 11.3 Å². The van der Waals surface area contributed by atoms with E-state index >= 15 is 0 Å². The van der Waals surface area contributed by atoms with E-state index in [2.05, 4.69) is 222 Å². The monoisotopic (exact) mass is 769 g/mol. The van der Waals surface area contributed by atoms with Gasteiger partial charge in [-0.1, -0.05) is 146 Å². The van der Waals surface area contributed by atoms with Crippen LogP contribution in [-0.4, -0.2) is 9.55 Å². The Morgan fingerprint density at radius 1 is 0.390 bits per heavy atom. The molecule has 0 amide bonds. The van der Waals surface area contributed by atoms with E-state index in [0.717, 1.165) is 38.8 Å². The van der Waals surface area contributed by atoms with Crippen molar-refractivity contribution in [3.8, 4) is 27.4 Å². The molecule has 0 N–H and O–H groups in total. The van der Waals surface area contributed by atoms with E-state index in [1.807, 2.05) is 0 Å². The Labute approximate surface area is 345 Å². The molecule has 4 heteroatoms. The van der Waals surface area contributed by atoms with Crippen molar-refractivity contribution < 1.29 is 0 Å². The Morgan fingerprint density at radius 2 is 1.02 bits per heavy atom. The third-order valence-corrected chi connectivity index (χ3v) is 12.9. The number of fused-ring (bicyclic) bond motifs is 9. The highest BCUT2D eigenvalue weighted by molar-refractivity contribution is 7.22. The number of para-hydroxylation sites is 2. The van der Waals surface area contributed by atoms with E-state index in [4.69, 9.17) is 4.98 Å². The summed E-state index contributed by atoms with van der Waals surface area (Å²) in [5.74, 6) is 0. The van der Waals surface area contributed by atoms with Crippen molar-refractivity contribution in [1.82, 2.24) is 9.55 Å². The van der Waals surface area contributed by atoms with Gasteiger partial charge in [0.1, 0.15) is 5.01 Å². The molecule has 10 aromatic carbocycles. The molecule has 12 aromatic rings. The molecule has 276 valence electrons. The van der Waals surface area contributed by atoms with Gasteiger partial charge in [-0.25, -0.2) is 4.98 Å². The van der Waals surface area contributed by atoms with Crippen LogP contribution in [0.2, 0.25) is 0 Å². The van der Waals surface area contributed by atoms with Crippen LogP contribution in [0.25, 0.3) is 91.7 Å². The normalized spacial score (nSPS) is 11.7. The smallest absolute Gasteiger partial charge is 0.124 e. The number of aromatic nitrogens is 2. The minimum absolute atomic E-state index is 1.03. The molecule has 0 bridgehead atoms. The lowest BCUT2D eigenvalue weighted by Gasteiger charge is -2.26. The Kier molecular flexibility index (Phi) is 7.72. The Morgan fingerprint density at radius 3 is 1.86 bits per heavy atom. The topological polar surface area (TPSA) is 21.1 Å². The summed E-state index contributed by atoms with van der Waals surface area (Å²) >= 11 is 1.77. The zero-order valence-corrected chi connectivity index (χ0v) is 32.8. The predicted octanol–water partition coefficient (Wildman–Crippen LogP) is 15.7. The summed E-state index contributed by atoms with van der Waals surface area (Å²) in [5.41, 5.74) is 11.4. The molecule has 0 fully saturated rings. The van der Waals surface area contributed by atoms with E-state index < -0.39 is 0 Å². The minimum atomic E-state index is 1.03. The van der Waals surface area contributed by atoms with Crippen LogP contribution < -0.4 is 4.90 Å². The number of hydrogen-bond acceptors (Lipinski definition) is 3. The van der Waals surface area contributed by atoms with Gasteiger partial charge in [-0.2, -0.15) is 0 Å². The maximum atomic E-state index is 5.06. The van der Waals surface area contributed by atoms with Gasteiger partial charge in [-0.3, -0.25) is 0 Å².